The molecule has 0 aliphatic rings. The Morgan fingerprint density at radius 1 is 1.35 bits per heavy atom. The second-order valence-corrected chi connectivity index (χ2v) is 5.40. The normalized spacial score (nSPS) is 12.0. The molecule has 0 fully saturated rings. The van der Waals surface area contributed by atoms with Gasteiger partial charge in [0, 0.05) is 20.1 Å². The minimum absolute atomic E-state index is 0.0860. The summed E-state index contributed by atoms with van der Waals surface area (Å²) in [7, 11) is -2.59. The Morgan fingerprint density at radius 3 is 2.24 bits per heavy atom. The molecule has 17 heavy (non-hydrogen) atoms. The highest BCUT2D eigenvalue weighted by Gasteiger charge is 2.26. The van der Waals surface area contributed by atoms with Crippen molar-refractivity contribution < 1.29 is 23.1 Å². The van der Waals surface area contributed by atoms with Gasteiger partial charge < -0.3 is 10.8 Å². The van der Waals surface area contributed by atoms with E-state index in [9.17, 15) is 18.0 Å². The quantitative estimate of drug-likeness (QED) is 0.551. The van der Waals surface area contributed by atoms with Gasteiger partial charge in [0.2, 0.25) is 5.91 Å². The van der Waals surface area contributed by atoms with Crippen molar-refractivity contribution in [3.63, 3.8) is 0 Å². The average Bonchev–Trinajstić information content (AvgIpc) is 2.21. The summed E-state index contributed by atoms with van der Waals surface area (Å²) >= 11 is 0. The van der Waals surface area contributed by atoms with Crippen LogP contribution in [0.3, 0.4) is 0 Å². The molecule has 0 unspecified atom stereocenters. The number of likely N-dealkylation sites (N-methyl/N-ethyl adjacent to an activating group) is 1. The van der Waals surface area contributed by atoms with Crippen molar-refractivity contribution in [3.8, 4) is 0 Å². The van der Waals surface area contributed by atoms with E-state index < -0.39 is 28.6 Å². The molecular formula is C8H17N3O5S. The van der Waals surface area contributed by atoms with Crippen molar-refractivity contribution in [1.82, 2.24) is 8.61 Å². The molecule has 0 aromatic carbocycles. The number of nitrogens with zero attached hydrogens (tertiary/aromatic N) is 2. The third kappa shape index (κ3) is 5.11. The van der Waals surface area contributed by atoms with Crippen molar-refractivity contribution in [3.05, 3.63) is 0 Å². The summed E-state index contributed by atoms with van der Waals surface area (Å²) < 4.78 is 25.5. The Balaban J connectivity index is 4.71. The molecule has 0 spiro atoms. The highest BCUT2D eigenvalue weighted by molar-refractivity contribution is 7.86. The Bertz CT molecular complexity index is 381. The minimum atomic E-state index is -3.84. The molecule has 0 saturated heterocycles. The van der Waals surface area contributed by atoms with E-state index in [2.05, 4.69) is 0 Å². The summed E-state index contributed by atoms with van der Waals surface area (Å²) in [5, 5.41) is 8.46. The van der Waals surface area contributed by atoms with Crippen molar-refractivity contribution in [1.29, 1.82) is 0 Å². The number of amides is 1. The molecule has 100 valence electrons. The third-order valence-corrected chi connectivity index (χ3v) is 4.06. The zero-order valence-corrected chi connectivity index (χ0v) is 10.6. The van der Waals surface area contributed by atoms with E-state index in [-0.39, 0.29) is 19.5 Å². The van der Waals surface area contributed by atoms with Crippen LogP contribution in [0.1, 0.15) is 13.3 Å². The largest absolute Gasteiger partial charge is 0.481 e. The molecule has 0 aliphatic carbocycles. The van der Waals surface area contributed by atoms with Crippen LogP contribution in [-0.2, 0) is 19.8 Å². The summed E-state index contributed by atoms with van der Waals surface area (Å²) in [5.41, 5.74) is 4.93. The van der Waals surface area contributed by atoms with Crippen molar-refractivity contribution in [2.24, 2.45) is 5.73 Å². The van der Waals surface area contributed by atoms with Gasteiger partial charge in [-0.15, -0.1) is 0 Å². The zero-order valence-electron chi connectivity index (χ0n) is 9.79. The van der Waals surface area contributed by atoms with Crippen LogP contribution in [-0.4, -0.2) is 60.7 Å². The van der Waals surface area contributed by atoms with Gasteiger partial charge in [0.1, 0.15) is 0 Å². The molecule has 0 atom stereocenters. The van der Waals surface area contributed by atoms with Gasteiger partial charge in [-0.1, -0.05) is 6.92 Å². The number of carbonyl (C=O) groups excluding carboxylic acids is 1. The summed E-state index contributed by atoms with van der Waals surface area (Å²) in [6.07, 6.45) is -0.302. The molecular weight excluding hydrogens is 250 g/mol. The fourth-order valence-corrected chi connectivity index (χ4v) is 2.43. The number of hydrogen-bond donors (Lipinski definition) is 2. The molecule has 0 radical (unpaired) electrons. The van der Waals surface area contributed by atoms with Crippen LogP contribution in [0, 0.1) is 0 Å². The monoisotopic (exact) mass is 267 g/mol. The van der Waals surface area contributed by atoms with Gasteiger partial charge in [0.05, 0.1) is 13.0 Å². The number of carbonyl (C=O) groups is 2. The molecule has 0 aromatic heterocycles. The van der Waals surface area contributed by atoms with Crippen LogP contribution in [0.5, 0.6) is 0 Å². The molecule has 1 amide bonds. The van der Waals surface area contributed by atoms with Crippen LogP contribution < -0.4 is 5.73 Å². The second-order valence-electron chi connectivity index (χ2n) is 3.37. The van der Waals surface area contributed by atoms with Crippen LogP contribution in [0.4, 0.5) is 0 Å². The Kier molecular flexibility index (Phi) is 6.07. The second kappa shape index (κ2) is 6.52. The first-order chi connectivity index (χ1) is 7.71. The number of rotatable bonds is 8. The maximum atomic E-state index is 11.9. The van der Waals surface area contributed by atoms with Crippen LogP contribution >= 0.6 is 0 Å². The van der Waals surface area contributed by atoms with Gasteiger partial charge in [-0.3, -0.25) is 9.59 Å². The van der Waals surface area contributed by atoms with Gasteiger partial charge in [-0.25, -0.2) is 0 Å². The van der Waals surface area contributed by atoms with Crippen molar-refractivity contribution in [2.75, 3.05) is 26.7 Å². The molecule has 0 aliphatic heterocycles. The highest BCUT2D eigenvalue weighted by Crippen LogP contribution is 2.06. The third-order valence-electron chi connectivity index (χ3n) is 2.05. The van der Waals surface area contributed by atoms with E-state index in [1.807, 2.05) is 0 Å². The van der Waals surface area contributed by atoms with Crippen LogP contribution in [0.2, 0.25) is 0 Å². The molecule has 0 saturated carbocycles. The lowest BCUT2D eigenvalue weighted by Crippen LogP contribution is -2.46. The maximum Gasteiger partial charge on any atom is 0.304 e. The number of carboxylic acids is 1. The van der Waals surface area contributed by atoms with E-state index >= 15 is 0 Å². The smallest absolute Gasteiger partial charge is 0.304 e. The van der Waals surface area contributed by atoms with E-state index in [0.717, 1.165) is 8.61 Å². The molecule has 8 nitrogen and oxygen atoms in total. The number of aliphatic carboxylic acids is 1. The molecule has 0 aromatic rings. The van der Waals surface area contributed by atoms with E-state index in [1.165, 1.54) is 7.05 Å². The van der Waals surface area contributed by atoms with Crippen LogP contribution in [0.15, 0.2) is 0 Å². The standard InChI is InChI=1S/C8H17N3O5S/c1-3-11(6-7(9)12)17(15,16)10(2)5-4-8(13)14/h3-6H2,1-2H3,(H2,9,12)(H,13,14). The molecule has 9 heteroatoms. The predicted octanol–water partition coefficient (Wildman–Crippen LogP) is -1.56. The number of hydrogen-bond acceptors (Lipinski definition) is 4. The summed E-state index contributed by atoms with van der Waals surface area (Å²) in [6, 6.07) is 0. The first kappa shape index (κ1) is 15.8. The van der Waals surface area contributed by atoms with E-state index in [4.69, 9.17) is 10.8 Å². The molecule has 0 rings (SSSR count). The van der Waals surface area contributed by atoms with E-state index in [0.29, 0.717) is 0 Å². The fourth-order valence-electron chi connectivity index (χ4n) is 1.10. The zero-order chi connectivity index (χ0) is 13.6. The molecule has 3 N–H and O–H groups in total. The molecule has 0 heterocycles. The minimum Gasteiger partial charge on any atom is -0.481 e. The average molecular weight is 267 g/mol. The number of nitrogens with two attached hydrogens (primary N) is 1. The van der Waals surface area contributed by atoms with Gasteiger partial charge >= 0.3 is 5.97 Å². The first-order valence-electron chi connectivity index (χ1n) is 4.93. The molecule has 0 bridgehead atoms. The first-order valence-corrected chi connectivity index (χ1v) is 6.33. The van der Waals surface area contributed by atoms with Gasteiger partial charge in [0.15, 0.2) is 0 Å². The van der Waals surface area contributed by atoms with Crippen molar-refractivity contribution >= 4 is 22.1 Å². The lowest BCUT2D eigenvalue weighted by molar-refractivity contribution is -0.137. The predicted molar refractivity (Wildman–Crippen MR) is 60.2 cm³/mol. The van der Waals surface area contributed by atoms with Gasteiger partial charge in [-0.05, 0) is 0 Å². The number of primary amides is 1. The SMILES string of the molecule is CCN(CC(N)=O)S(=O)(=O)N(C)CCC(=O)O. The Labute approximate surface area is 100 Å². The van der Waals surface area contributed by atoms with Crippen LogP contribution in [0.25, 0.3) is 0 Å². The van der Waals surface area contributed by atoms with E-state index in [1.54, 1.807) is 6.92 Å². The summed E-state index contributed by atoms with van der Waals surface area (Å²) in [4.78, 5) is 21.0. The summed E-state index contributed by atoms with van der Waals surface area (Å²) in [6.45, 7) is 1.07. The van der Waals surface area contributed by atoms with Gasteiger partial charge in [-0.2, -0.15) is 17.0 Å². The lowest BCUT2D eigenvalue weighted by Gasteiger charge is -2.25. The maximum absolute atomic E-state index is 11.9. The summed E-state index contributed by atoms with van der Waals surface area (Å²) in [5.74, 6) is -1.85. The fraction of sp³-hybridized carbons (Fsp3) is 0.750. The highest BCUT2D eigenvalue weighted by atomic mass is 32.2. The van der Waals surface area contributed by atoms with Crippen molar-refractivity contribution in [2.45, 2.75) is 13.3 Å². The number of carboxylic acid groups (broad SMARTS) is 1. The Hall–Kier alpha value is -1.19. The lowest BCUT2D eigenvalue weighted by atomic mass is 10.4. The Morgan fingerprint density at radius 2 is 1.88 bits per heavy atom. The van der Waals surface area contributed by atoms with Gasteiger partial charge in [0.25, 0.3) is 10.2 Å². The topological polar surface area (TPSA) is 121 Å².